The van der Waals surface area contributed by atoms with E-state index in [1.54, 1.807) is 18.5 Å². The lowest BCUT2D eigenvalue weighted by Gasteiger charge is -2.23. The highest BCUT2D eigenvalue weighted by Crippen LogP contribution is 2.34. The first-order chi connectivity index (χ1) is 13.7. The third-order valence-electron chi connectivity index (χ3n) is 5.58. The number of rotatable bonds is 3. The molecule has 0 saturated carbocycles. The quantitative estimate of drug-likeness (QED) is 0.698. The molecule has 0 radical (unpaired) electrons. The molecule has 0 spiro atoms. The van der Waals surface area contributed by atoms with Crippen molar-refractivity contribution >= 4 is 11.7 Å². The molecule has 5 rings (SSSR count). The molecule has 2 atom stereocenters. The molecule has 2 aromatic heterocycles. The molecule has 4 heterocycles. The molecule has 142 valence electrons. The Morgan fingerprint density at radius 3 is 2.36 bits per heavy atom. The summed E-state index contributed by atoms with van der Waals surface area (Å²) in [5.41, 5.74) is 1.29. The molecule has 1 aromatic carbocycles. The highest BCUT2D eigenvalue weighted by Gasteiger charge is 2.42. The molecule has 2 fully saturated rings. The van der Waals surface area contributed by atoms with Crippen molar-refractivity contribution in [2.24, 2.45) is 11.8 Å². The van der Waals surface area contributed by atoms with Crippen molar-refractivity contribution in [1.82, 2.24) is 24.9 Å². The second kappa shape index (κ2) is 6.70. The van der Waals surface area contributed by atoms with Crippen LogP contribution in [-0.2, 0) is 0 Å². The Hall–Kier alpha value is -3.29. The zero-order chi connectivity index (χ0) is 19.1. The third-order valence-corrected chi connectivity index (χ3v) is 5.58. The molecule has 2 unspecified atom stereocenters. The summed E-state index contributed by atoms with van der Waals surface area (Å²) in [6.07, 6.45) is 4.44. The number of hydrogen-bond donors (Lipinski definition) is 0. The number of carbonyl (C=O) groups excluding carboxylic acids is 1. The van der Waals surface area contributed by atoms with Crippen LogP contribution in [0.25, 0.3) is 5.69 Å². The largest absolute Gasteiger partial charge is 0.356 e. The van der Waals surface area contributed by atoms with Crippen LogP contribution in [0.5, 0.6) is 0 Å². The lowest BCUT2D eigenvalue weighted by atomic mass is 10.0. The first-order valence-corrected chi connectivity index (χ1v) is 9.30. The first kappa shape index (κ1) is 16.9. The molecule has 3 aromatic rings. The number of hydrogen-bond acceptors (Lipinski definition) is 5. The molecule has 7 nitrogen and oxygen atoms in total. The van der Waals surface area contributed by atoms with Gasteiger partial charge in [0.25, 0.3) is 5.91 Å². The van der Waals surface area contributed by atoms with Gasteiger partial charge in [-0.1, -0.05) is 12.1 Å². The van der Waals surface area contributed by atoms with Gasteiger partial charge in [-0.2, -0.15) is 15.0 Å². The minimum absolute atomic E-state index is 0.00811. The fraction of sp³-hybridized carbons (Fsp3) is 0.300. The first-order valence-electron chi connectivity index (χ1n) is 9.30. The van der Waals surface area contributed by atoms with Gasteiger partial charge in [-0.3, -0.25) is 4.79 Å². The topological polar surface area (TPSA) is 67.2 Å². The Morgan fingerprint density at radius 1 is 0.964 bits per heavy atom. The minimum atomic E-state index is -0.328. The van der Waals surface area contributed by atoms with Gasteiger partial charge in [0.05, 0.1) is 29.8 Å². The predicted octanol–water partition coefficient (Wildman–Crippen LogP) is 2.01. The summed E-state index contributed by atoms with van der Waals surface area (Å²) in [4.78, 5) is 22.9. The van der Waals surface area contributed by atoms with Gasteiger partial charge < -0.3 is 9.80 Å². The van der Waals surface area contributed by atoms with E-state index in [0.717, 1.165) is 18.9 Å². The summed E-state index contributed by atoms with van der Waals surface area (Å²) in [5.74, 6) is 1.26. The van der Waals surface area contributed by atoms with E-state index in [-0.39, 0.29) is 11.7 Å². The number of benzene rings is 1. The second-order valence-corrected chi connectivity index (χ2v) is 7.31. The highest BCUT2D eigenvalue weighted by atomic mass is 19.1. The van der Waals surface area contributed by atoms with Crippen molar-refractivity contribution in [1.29, 1.82) is 0 Å². The van der Waals surface area contributed by atoms with Crippen molar-refractivity contribution in [3.63, 3.8) is 0 Å². The van der Waals surface area contributed by atoms with Crippen LogP contribution >= 0.6 is 0 Å². The Balaban J connectivity index is 1.31. The Kier molecular flexibility index (Phi) is 4.03. The SMILES string of the molecule is O=C(c1ccccc1-n1nccn1)N1CC2CN(c3ccc(F)cn3)CC2C1. The van der Waals surface area contributed by atoms with Gasteiger partial charge in [0.2, 0.25) is 0 Å². The zero-order valence-electron chi connectivity index (χ0n) is 15.1. The van der Waals surface area contributed by atoms with Crippen LogP contribution < -0.4 is 4.90 Å². The number of anilines is 1. The van der Waals surface area contributed by atoms with Crippen molar-refractivity contribution in [2.75, 3.05) is 31.1 Å². The van der Waals surface area contributed by atoms with E-state index in [0.29, 0.717) is 36.2 Å². The standard InChI is InChI=1S/C20H19FN6O/c21-16-5-6-19(22-9-16)25-10-14-12-26(13-15(14)11-25)20(28)17-3-1-2-4-18(17)27-23-7-8-24-27/h1-9,14-15H,10-13H2. The van der Waals surface area contributed by atoms with Crippen LogP contribution in [0.2, 0.25) is 0 Å². The number of amides is 1. The number of likely N-dealkylation sites (tertiary alicyclic amines) is 1. The number of pyridine rings is 1. The van der Waals surface area contributed by atoms with Crippen molar-refractivity contribution in [3.05, 3.63) is 66.4 Å². The van der Waals surface area contributed by atoms with Gasteiger partial charge in [0, 0.05) is 38.0 Å². The maximum Gasteiger partial charge on any atom is 0.256 e. The highest BCUT2D eigenvalue weighted by molar-refractivity contribution is 5.97. The number of halogens is 1. The van der Waals surface area contributed by atoms with E-state index >= 15 is 0 Å². The average molecular weight is 378 g/mol. The molecule has 2 saturated heterocycles. The average Bonchev–Trinajstić information content (AvgIpc) is 3.44. The molecule has 2 aliphatic rings. The van der Waals surface area contributed by atoms with Crippen LogP contribution in [0.4, 0.5) is 10.2 Å². The van der Waals surface area contributed by atoms with E-state index in [1.165, 1.54) is 17.1 Å². The fourth-order valence-electron chi connectivity index (χ4n) is 4.24. The smallest absolute Gasteiger partial charge is 0.256 e. The lowest BCUT2D eigenvalue weighted by Crippen LogP contribution is -2.34. The molecule has 0 aliphatic carbocycles. The van der Waals surface area contributed by atoms with E-state index in [1.807, 2.05) is 29.2 Å². The number of fused-ring (bicyclic) bond motifs is 1. The predicted molar refractivity (Wildman–Crippen MR) is 101 cm³/mol. The number of aromatic nitrogens is 4. The summed E-state index contributed by atoms with van der Waals surface area (Å²) >= 11 is 0. The van der Waals surface area contributed by atoms with Gasteiger partial charge in [-0.05, 0) is 24.3 Å². The molecule has 2 aliphatic heterocycles. The van der Waals surface area contributed by atoms with Crippen LogP contribution in [0.1, 0.15) is 10.4 Å². The molecule has 1 amide bonds. The second-order valence-electron chi connectivity index (χ2n) is 7.31. The van der Waals surface area contributed by atoms with Crippen LogP contribution in [0.15, 0.2) is 55.0 Å². The fourth-order valence-corrected chi connectivity index (χ4v) is 4.24. The third kappa shape index (κ3) is 2.90. The maximum atomic E-state index is 13.2. The van der Waals surface area contributed by atoms with E-state index < -0.39 is 0 Å². The van der Waals surface area contributed by atoms with Gasteiger partial charge in [0.15, 0.2) is 0 Å². The normalized spacial score (nSPS) is 21.2. The van der Waals surface area contributed by atoms with Crippen molar-refractivity contribution < 1.29 is 9.18 Å². The molecule has 28 heavy (non-hydrogen) atoms. The monoisotopic (exact) mass is 378 g/mol. The minimum Gasteiger partial charge on any atom is -0.356 e. The number of nitrogens with zero attached hydrogens (tertiary/aromatic N) is 6. The summed E-state index contributed by atoms with van der Waals surface area (Å²) < 4.78 is 13.1. The van der Waals surface area contributed by atoms with Gasteiger partial charge in [-0.15, -0.1) is 0 Å². The molecular weight excluding hydrogens is 359 g/mol. The molecule has 8 heteroatoms. The number of carbonyl (C=O) groups is 1. The van der Waals surface area contributed by atoms with Crippen molar-refractivity contribution in [3.8, 4) is 5.69 Å². The number of para-hydroxylation sites is 1. The lowest BCUT2D eigenvalue weighted by molar-refractivity contribution is 0.0782. The molecule has 0 N–H and O–H groups in total. The summed E-state index contributed by atoms with van der Waals surface area (Å²) in [6.45, 7) is 3.08. The van der Waals surface area contributed by atoms with E-state index in [4.69, 9.17) is 0 Å². The van der Waals surface area contributed by atoms with Crippen molar-refractivity contribution in [2.45, 2.75) is 0 Å². The Bertz CT molecular complexity index is 976. The van der Waals surface area contributed by atoms with E-state index in [2.05, 4.69) is 20.1 Å². The van der Waals surface area contributed by atoms with Gasteiger partial charge in [-0.25, -0.2) is 9.37 Å². The van der Waals surface area contributed by atoms with Crippen LogP contribution in [-0.4, -0.2) is 57.0 Å². The Labute approximate surface area is 161 Å². The summed E-state index contributed by atoms with van der Waals surface area (Å²) in [7, 11) is 0. The maximum absolute atomic E-state index is 13.2. The zero-order valence-corrected chi connectivity index (χ0v) is 15.1. The van der Waals surface area contributed by atoms with Gasteiger partial charge >= 0.3 is 0 Å². The van der Waals surface area contributed by atoms with Crippen LogP contribution in [0, 0.1) is 17.7 Å². The summed E-state index contributed by atoms with van der Waals surface area (Å²) in [5, 5.41) is 8.32. The molecular formula is C20H19FN6O. The Morgan fingerprint density at radius 2 is 1.68 bits per heavy atom. The van der Waals surface area contributed by atoms with E-state index in [9.17, 15) is 9.18 Å². The van der Waals surface area contributed by atoms with Crippen LogP contribution in [0.3, 0.4) is 0 Å². The molecule has 0 bridgehead atoms. The summed E-state index contributed by atoms with van der Waals surface area (Å²) in [6, 6.07) is 10.6. The van der Waals surface area contributed by atoms with Gasteiger partial charge in [0.1, 0.15) is 11.6 Å².